The first-order valence-electron chi connectivity index (χ1n) is 7.16. The molecule has 6 heteroatoms. The molecule has 0 radical (unpaired) electrons. The number of nitrogens with one attached hydrogen (secondary N) is 1. The minimum absolute atomic E-state index is 0.0126. The highest BCUT2D eigenvalue weighted by molar-refractivity contribution is 5.76. The highest BCUT2D eigenvalue weighted by atomic mass is 16.5. The molecule has 0 spiro atoms. The molecule has 2 atom stereocenters. The predicted octanol–water partition coefficient (Wildman–Crippen LogP) is 1.65. The van der Waals surface area contributed by atoms with Crippen LogP contribution in [-0.4, -0.2) is 33.8 Å². The van der Waals surface area contributed by atoms with Crippen LogP contribution in [0.5, 0.6) is 0 Å². The van der Waals surface area contributed by atoms with E-state index in [4.69, 9.17) is 9.63 Å². The van der Waals surface area contributed by atoms with E-state index in [1.165, 1.54) is 0 Å². The van der Waals surface area contributed by atoms with Crippen molar-refractivity contribution in [1.82, 2.24) is 15.5 Å². The lowest BCUT2D eigenvalue weighted by Crippen LogP contribution is -2.38. The van der Waals surface area contributed by atoms with Crippen LogP contribution in [0.1, 0.15) is 58.2 Å². The molecule has 0 aliphatic heterocycles. The van der Waals surface area contributed by atoms with Crippen LogP contribution in [-0.2, 0) is 11.2 Å². The van der Waals surface area contributed by atoms with Crippen LogP contribution in [0.3, 0.4) is 0 Å². The van der Waals surface area contributed by atoms with Crippen LogP contribution >= 0.6 is 0 Å². The van der Waals surface area contributed by atoms with E-state index < -0.39 is 0 Å². The van der Waals surface area contributed by atoms with Crippen molar-refractivity contribution in [2.45, 2.75) is 58.9 Å². The number of hydrogen-bond donors (Lipinski definition) is 2. The maximum absolute atomic E-state index is 11.7. The minimum atomic E-state index is -0.0246. The molecule has 1 amide bonds. The number of aryl methyl sites for hydroxylation is 1. The maximum atomic E-state index is 11.7. The van der Waals surface area contributed by atoms with Gasteiger partial charge in [-0.2, -0.15) is 4.98 Å². The lowest BCUT2D eigenvalue weighted by molar-refractivity contribution is -0.122. The van der Waals surface area contributed by atoms with Crippen molar-refractivity contribution in [3.63, 3.8) is 0 Å². The van der Waals surface area contributed by atoms with Crippen molar-refractivity contribution in [3.05, 3.63) is 11.7 Å². The van der Waals surface area contributed by atoms with Gasteiger partial charge in [0.15, 0.2) is 5.82 Å². The number of rotatable bonds is 8. The standard InChI is InChI=1S/C14H25N3O3/c1-9(2)14-16-13(20-17-14)7-5-6-12(19)15-11(4)10(3)8-18/h9-11,18H,5-8H2,1-4H3,(H,15,19). The summed E-state index contributed by atoms with van der Waals surface area (Å²) in [5.41, 5.74) is 0. The van der Waals surface area contributed by atoms with E-state index in [0.29, 0.717) is 31.0 Å². The van der Waals surface area contributed by atoms with Gasteiger partial charge in [-0.15, -0.1) is 0 Å². The van der Waals surface area contributed by atoms with Gasteiger partial charge < -0.3 is 14.9 Å². The van der Waals surface area contributed by atoms with Crippen molar-refractivity contribution < 1.29 is 14.4 Å². The molecule has 1 aromatic rings. The summed E-state index contributed by atoms with van der Waals surface area (Å²) in [4.78, 5) is 16.0. The van der Waals surface area contributed by atoms with Gasteiger partial charge in [0.05, 0.1) is 0 Å². The van der Waals surface area contributed by atoms with E-state index in [1.54, 1.807) is 0 Å². The summed E-state index contributed by atoms with van der Waals surface area (Å²) in [5.74, 6) is 1.58. The van der Waals surface area contributed by atoms with Crippen LogP contribution in [0.25, 0.3) is 0 Å². The molecule has 1 heterocycles. The molecule has 114 valence electrons. The molecule has 0 aliphatic rings. The van der Waals surface area contributed by atoms with Gasteiger partial charge in [-0.25, -0.2) is 0 Å². The summed E-state index contributed by atoms with van der Waals surface area (Å²) in [6.45, 7) is 7.88. The third kappa shape index (κ3) is 5.28. The highest BCUT2D eigenvalue weighted by Crippen LogP contribution is 2.11. The lowest BCUT2D eigenvalue weighted by atomic mass is 10.0. The molecule has 0 saturated heterocycles. The normalized spacial score (nSPS) is 14.3. The number of carbonyl (C=O) groups is 1. The first-order chi connectivity index (χ1) is 9.43. The average molecular weight is 283 g/mol. The minimum Gasteiger partial charge on any atom is -0.396 e. The van der Waals surface area contributed by atoms with Gasteiger partial charge in [-0.3, -0.25) is 4.79 Å². The fourth-order valence-corrected chi connectivity index (χ4v) is 1.63. The first-order valence-corrected chi connectivity index (χ1v) is 7.16. The third-order valence-electron chi connectivity index (χ3n) is 3.32. The second-order valence-corrected chi connectivity index (χ2v) is 5.57. The van der Waals surface area contributed by atoms with E-state index in [2.05, 4.69) is 15.5 Å². The Morgan fingerprint density at radius 3 is 2.60 bits per heavy atom. The Morgan fingerprint density at radius 1 is 1.35 bits per heavy atom. The fraction of sp³-hybridized carbons (Fsp3) is 0.786. The summed E-state index contributed by atoms with van der Waals surface area (Å²) in [5, 5.41) is 15.8. The Hall–Kier alpha value is -1.43. The molecular formula is C14H25N3O3. The van der Waals surface area contributed by atoms with Crippen LogP contribution in [0.15, 0.2) is 4.52 Å². The number of carbonyl (C=O) groups excluding carboxylic acids is 1. The van der Waals surface area contributed by atoms with Gasteiger partial charge >= 0.3 is 0 Å². The monoisotopic (exact) mass is 283 g/mol. The average Bonchev–Trinajstić information content (AvgIpc) is 2.86. The zero-order valence-corrected chi connectivity index (χ0v) is 12.7. The molecule has 2 N–H and O–H groups in total. The molecule has 0 bridgehead atoms. The van der Waals surface area contributed by atoms with Crippen molar-refractivity contribution in [2.75, 3.05) is 6.61 Å². The number of nitrogens with zero attached hydrogens (tertiary/aromatic N) is 2. The summed E-state index contributed by atoms with van der Waals surface area (Å²) in [7, 11) is 0. The van der Waals surface area contributed by atoms with Crippen molar-refractivity contribution in [3.8, 4) is 0 Å². The highest BCUT2D eigenvalue weighted by Gasteiger charge is 2.14. The molecule has 1 rings (SSSR count). The van der Waals surface area contributed by atoms with Crippen molar-refractivity contribution >= 4 is 5.91 Å². The van der Waals surface area contributed by atoms with E-state index in [1.807, 2.05) is 27.7 Å². The quantitative estimate of drug-likeness (QED) is 0.757. The number of hydrogen-bond acceptors (Lipinski definition) is 5. The Bertz CT molecular complexity index is 418. The zero-order valence-electron chi connectivity index (χ0n) is 12.7. The summed E-state index contributed by atoms with van der Waals surface area (Å²) >= 11 is 0. The molecule has 20 heavy (non-hydrogen) atoms. The molecule has 0 aliphatic carbocycles. The smallest absolute Gasteiger partial charge is 0.226 e. The van der Waals surface area contributed by atoms with Crippen LogP contribution < -0.4 is 5.32 Å². The number of amides is 1. The number of aliphatic hydroxyl groups is 1. The summed E-state index contributed by atoms with van der Waals surface area (Å²) in [6, 6.07) is -0.0246. The van der Waals surface area contributed by atoms with Gasteiger partial charge in [-0.1, -0.05) is 25.9 Å². The Kier molecular flexibility index (Phi) is 6.64. The van der Waals surface area contributed by atoms with E-state index in [-0.39, 0.29) is 30.4 Å². The molecule has 0 fully saturated rings. The number of aromatic nitrogens is 2. The van der Waals surface area contributed by atoms with E-state index >= 15 is 0 Å². The van der Waals surface area contributed by atoms with Gasteiger partial charge in [0.1, 0.15) is 0 Å². The van der Waals surface area contributed by atoms with Gasteiger partial charge in [-0.05, 0) is 19.3 Å². The first kappa shape index (κ1) is 16.6. The molecule has 1 aromatic heterocycles. The van der Waals surface area contributed by atoms with Crippen LogP contribution in [0, 0.1) is 5.92 Å². The summed E-state index contributed by atoms with van der Waals surface area (Å²) in [6.07, 6.45) is 1.70. The topological polar surface area (TPSA) is 88.2 Å². The van der Waals surface area contributed by atoms with Gasteiger partial charge in [0.25, 0.3) is 0 Å². The van der Waals surface area contributed by atoms with Crippen LogP contribution in [0.2, 0.25) is 0 Å². The Morgan fingerprint density at radius 2 is 2.05 bits per heavy atom. The van der Waals surface area contributed by atoms with E-state index in [0.717, 1.165) is 0 Å². The van der Waals surface area contributed by atoms with Crippen molar-refractivity contribution in [2.24, 2.45) is 5.92 Å². The second-order valence-electron chi connectivity index (χ2n) is 5.57. The summed E-state index contributed by atoms with van der Waals surface area (Å²) < 4.78 is 5.12. The molecule has 6 nitrogen and oxygen atoms in total. The largest absolute Gasteiger partial charge is 0.396 e. The SMILES string of the molecule is CC(C)c1noc(CCCC(=O)NC(C)C(C)CO)n1. The van der Waals surface area contributed by atoms with Crippen LogP contribution in [0.4, 0.5) is 0 Å². The molecule has 0 aromatic carbocycles. The molecule has 0 saturated carbocycles. The zero-order chi connectivity index (χ0) is 15.1. The van der Waals surface area contributed by atoms with Gasteiger partial charge in [0.2, 0.25) is 11.8 Å². The predicted molar refractivity (Wildman–Crippen MR) is 75.2 cm³/mol. The van der Waals surface area contributed by atoms with E-state index in [9.17, 15) is 4.79 Å². The maximum Gasteiger partial charge on any atom is 0.226 e. The lowest BCUT2D eigenvalue weighted by Gasteiger charge is -2.19. The molecule has 2 unspecified atom stereocenters. The fourth-order valence-electron chi connectivity index (χ4n) is 1.63. The second kappa shape index (κ2) is 7.99. The van der Waals surface area contributed by atoms with Crippen molar-refractivity contribution in [1.29, 1.82) is 0 Å². The third-order valence-corrected chi connectivity index (χ3v) is 3.32. The van der Waals surface area contributed by atoms with Gasteiger partial charge in [0, 0.05) is 31.4 Å². The Labute approximate surface area is 120 Å². The Balaban J connectivity index is 2.27. The number of aliphatic hydroxyl groups excluding tert-OH is 1. The molecular weight excluding hydrogens is 258 g/mol.